The minimum Gasteiger partial charge on any atom is -0.343 e. The molecule has 5 heteroatoms. The zero-order chi connectivity index (χ0) is 15.2. The average molecular weight is 283 g/mol. The van der Waals surface area contributed by atoms with E-state index in [0.717, 1.165) is 17.0 Å². The molecular formula is C16H17N3O2. The van der Waals surface area contributed by atoms with Crippen LogP contribution in [0, 0.1) is 13.8 Å². The van der Waals surface area contributed by atoms with Gasteiger partial charge < -0.3 is 5.32 Å². The third kappa shape index (κ3) is 4.14. The van der Waals surface area contributed by atoms with E-state index in [2.05, 4.69) is 10.4 Å². The summed E-state index contributed by atoms with van der Waals surface area (Å²) in [6.45, 7) is 3.53. The minimum absolute atomic E-state index is 0.0834. The maximum absolute atomic E-state index is 11.9. The third-order valence-electron chi connectivity index (χ3n) is 2.89. The highest BCUT2D eigenvalue weighted by Crippen LogP contribution is 2.02. The van der Waals surface area contributed by atoms with Crippen LogP contribution in [0.1, 0.15) is 21.7 Å². The van der Waals surface area contributed by atoms with Gasteiger partial charge in [-0.25, -0.2) is 4.68 Å². The Labute approximate surface area is 123 Å². The summed E-state index contributed by atoms with van der Waals surface area (Å²) in [6.07, 6.45) is 3.10. The monoisotopic (exact) mass is 283 g/mol. The number of hydrogen-bond donors (Lipinski definition) is 1. The third-order valence-corrected chi connectivity index (χ3v) is 2.89. The van der Waals surface area contributed by atoms with E-state index in [0.29, 0.717) is 0 Å². The second kappa shape index (κ2) is 6.65. The van der Waals surface area contributed by atoms with Crippen molar-refractivity contribution in [1.29, 1.82) is 0 Å². The molecule has 0 saturated carbocycles. The summed E-state index contributed by atoms with van der Waals surface area (Å²) < 4.78 is 1.30. The molecule has 0 saturated heterocycles. The highest BCUT2D eigenvalue weighted by molar-refractivity contribution is 5.94. The lowest BCUT2D eigenvalue weighted by molar-refractivity contribution is -0.116. The molecule has 21 heavy (non-hydrogen) atoms. The maximum Gasteiger partial charge on any atom is 0.266 e. The second-order valence-corrected chi connectivity index (χ2v) is 4.69. The van der Waals surface area contributed by atoms with Crippen LogP contribution in [0.2, 0.25) is 0 Å². The van der Waals surface area contributed by atoms with Crippen molar-refractivity contribution in [2.75, 3.05) is 6.54 Å². The Balaban J connectivity index is 1.88. The van der Waals surface area contributed by atoms with Gasteiger partial charge in [-0.2, -0.15) is 5.10 Å². The van der Waals surface area contributed by atoms with E-state index in [1.165, 1.54) is 10.8 Å². The fraction of sp³-hybridized carbons (Fsp3) is 0.188. The SMILES string of the molecule is Cc1cc(C)n(C(=O)CNC(=O)C=Cc2ccccc2)n1. The van der Waals surface area contributed by atoms with Gasteiger partial charge in [0.05, 0.1) is 12.2 Å². The van der Waals surface area contributed by atoms with Crippen LogP contribution in [0.5, 0.6) is 0 Å². The Morgan fingerprint density at radius 3 is 2.57 bits per heavy atom. The van der Waals surface area contributed by atoms with Gasteiger partial charge >= 0.3 is 0 Å². The molecule has 1 aromatic heterocycles. The molecule has 1 amide bonds. The largest absolute Gasteiger partial charge is 0.343 e. The normalized spacial score (nSPS) is 10.8. The summed E-state index contributed by atoms with van der Waals surface area (Å²) in [6, 6.07) is 11.3. The van der Waals surface area contributed by atoms with Gasteiger partial charge in [-0.05, 0) is 31.6 Å². The molecule has 2 rings (SSSR count). The number of nitrogens with one attached hydrogen (secondary N) is 1. The topological polar surface area (TPSA) is 64.0 Å². The minimum atomic E-state index is -0.311. The lowest BCUT2D eigenvalue weighted by Gasteiger charge is -2.03. The molecule has 0 aliphatic heterocycles. The molecule has 108 valence electrons. The summed E-state index contributed by atoms with van der Waals surface area (Å²) in [4.78, 5) is 23.6. The van der Waals surface area contributed by atoms with Crippen molar-refractivity contribution in [3.8, 4) is 0 Å². The summed E-state index contributed by atoms with van der Waals surface area (Å²) in [7, 11) is 0. The molecule has 0 unspecified atom stereocenters. The van der Waals surface area contributed by atoms with E-state index in [4.69, 9.17) is 0 Å². The molecular weight excluding hydrogens is 266 g/mol. The number of carbonyl (C=O) groups is 2. The molecule has 1 aromatic carbocycles. The molecule has 0 fully saturated rings. The van der Waals surface area contributed by atoms with Crippen molar-refractivity contribution in [3.63, 3.8) is 0 Å². The number of nitrogens with zero attached hydrogens (tertiary/aromatic N) is 2. The molecule has 0 aliphatic rings. The van der Waals surface area contributed by atoms with Crippen LogP contribution in [0.3, 0.4) is 0 Å². The van der Waals surface area contributed by atoms with Gasteiger partial charge in [-0.15, -0.1) is 0 Å². The first-order chi connectivity index (χ1) is 10.1. The highest BCUT2D eigenvalue weighted by Gasteiger charge is 2.10. The molecule has 0 spiro atoms. The summed E-state index contributed by atoms with van der Waals surface area (Å²) in [5.41, 5.74) is 2.46. The fourth-order valence-electron chi connectivity index (χ4n) is 1.91. The Kier molecular flexibility index (Phi) is 4.66. The number of aromatic nitrogens is 2. The van der Waals surface area contributed by atoms with Crippen molar-refractivity contribution >= 4 is 17.9 Å². The number of rotatable bonds is 4. The quantitative estimate of drug-likeness (QED) is 0.873. The highest BCUT2D eigenvalue weighted by atomic mass is 16.2. The summed E-state index contributed by atoms with van der Waals surface area (Å²) in [5.74, 6) is -0.573. The molecule has 0 atom stereocenters. The van der Waals surface area contributed by atoms with Gasteiger partial charge in [0.2, 0.25) is 5.91 Å². The van der Waals surface area contributed by atoms with Crippen molar-refractivity contribution in [2.24, 2.45) is 0 Å². The summed E-state index contributed by atoms with van der Waals surface area (Å²) >= 11 is 0. The van der Waals surface area contributed by atoms with Crippen LogP contribution in [-0.4, -0.2) is 28.1 Å². The van der Waals surface area contributed by atoms with Gasteiger partial charge in [0.25, 0.3) is 5.91 Å². The Morgan fingerprint density at radius 2 is 1.95 bits per heavy atom. The van der Waals surface area contributed by atoms with Crippen molar-refractivity contribution in [3.05, 3.63) is 59.4 Å². The van der Waals surface area contributed by atoms with Crippen molar-refractivity contribution in [1.82, 2.24) is 15.1 Å². The van der Waals surface area contributed by atoms with Crippen LogP contribution in [0.25, 0.3) is 6.08 Å². The van der Waals surface area contributed by atoms with Gasteiger partial charge in [0.1, 0.15) is 0 Å². The first-order valence-electron chi connectivity index (χ1n) is 6.63. The summed E-state index contributed by atoms with van der Waals surface area (Å²) in [5, 5.41) is 6.63. The molecule has 1 N–H and O–H groups in total. The Bertz CT molecular complexity index is 672. The zero-order valence-electron chi connectivity index (χ0n) is 12.0. The van der Waals surface area contributed by atoms with Gasteiger partial charge in [0.15, 0.2) is 0 Å². The first-order valence-corrected chi connectivity index (χ1v) is 6.63. The molecule has 5 nitrogen and oxygen atoms in total. The predicted molar refractivity (Wildman–Crippen MR) is 80.8 cm³/mol. The van der Waals surface area contributed by atoms with Gasteiger partial charge in [-0.3, -0.25) is 9.59 Å². The lowest BCUT2D eigenvalue weighted by Crippen LogP contribution is -2.32. The molecule has 2 aromatic rings. The first kappa shape index (κ1) is 14.7. The van der Waals surface area contributed by atoms with Gasteiger partial charge in [0, 0.05) is 11.8 Å². The average Bonchev–Trinajstić information content (AvgIpc) is 2.82. The van der Waals surface area contributed by atoms with Crippen LogP contribution in [0.15, 0.2) is 42.5 Å². The number of benzene rings is 1. The van der Waals surface area contributed by atoms with E-state index in [9.17, 15) is 9.59 Å². The zero-order valence-corrected chi connectivity index (χ0v) is 12.0. The van der Waals surface area contributed by atoms with E-state index in [-0.39, 0.29) is 18.4 Å². The van der Waals surface area contributed by atoms with Crippen molar-refractivity contribution in [2.45, 2.75) is 13.8 Å². The number of amides is 1. The number of aryl methyl sites for hydroxylation is 2. The van der Waals surface area contributed by atoms with E-state index >= 15 is 0 Å². The van der Waals surface area contributed by atoms with Crippen LogP contribution >= 0.6 is 0 Å². The Hall–Kier alpha value is -2.69. The molecule has 0 aliphatic carbocycles. The fourth-order valence-corrected chi connectivity index (χ4v) is 1.91. The van der Waals surface area contributed by atoms with Gasteiger partial charge in [-0.1, -0.05) is 30.3 Å². The molecule has 0 radical (unpaired) electrons. The standard InChI is InChI=1S/C16H17N3O2/c1-12-10-13(2)19(18-12)16(21)11-17-15(20)9-8-14-6-4-3-5-7-14/h3-10H,11H2,1-2H3,(H,17,20). The smallest absolute Gasteiger partial charge is 0.266 e. The Morgan fingerprint density at radius 1 is 1.24 bits per heavy atom. The number of carbonyl (C=O) groups excluding carboxylic acids is 2. The van der Waals surface area contributed by atoms with Crippen LogP contribution in [-0.2, 0) is 4.79 Å². The van der Waals surface area contributed by atoms with Crippen molar-refractivity contribution < 1.29 is 9.59 Å². The van der Waals surface area contributed by atoms with Crippen LogP contribution < -0.4 is 5.32 Å². The van der Waals surface area contributed by atoms with E-state index in [1.807, 2.05) is 43.3 Å². The lowest BCUT2D eigenvalue weighted by atomic mass is 10.2. The van der Waals surface area contributed by atoms with Crippen LogP contribution in [0.4, 0.5) is 0 Å². The van der Waals surface area contributed by atoms with E-state index in [1.54, 1.807) is 13.0 Å². The number of hydrogen-bond acceptors (Lipinski definition) is 3. The van der Waals surface area contributed by atoms with E-state index < -0.39 is 0 Å². The molecule has 0 bridgehead atoms. The second-order valence-electron chi connectivity index (χ2n) is 4.69. The predicted octanol–water partition coefficient (Wildman–Crippen LogP) is 1.97. The maximum atomic E-state index is 11.9. The molecule has 1 heterocycles.